The van der Waals surface area contributed by atoms with Crippen LogP contribution in [-0.2, 0) is 6.54 Å². The number of ether oxygens (including phenoxy) is 1. The zero-order valence-corrected chi connectivity index (χ0v) is 8.74. The molecule has 0 saturated heterocycles. The third-order valence-corrected chi connectivity index (χ3v) is 1.89. The number of oxazole rings is 1. The number of aromatic nitrogens is 1. The van der Waals surface area contributed by atoms with Crippen LogP contribution in [0.3, 0.4) is 0 Å². The third kappa shape index (κ3) is 2.58. The standard InChI is InChI=1S/C11H11FN2O2/c1-13-6-9-7-15-11(14-9)16-10-4-2-3-8(12)5-10/h2-5,7,13H,6H2,1H3. The fourth-order valence-electron chi connectivity index (χ4n) is 1.23. The van der Waals surface area contributed by atoms with Crippen molar-refractivity contribution >= 4 is 0 Å². The minimum Gasteiger partial charge on any atom is -0.417 e. The minimum atomic E-state index is -0.362. The van der Waals surface area contributed by atoms with Gasteiger partial charge in [0, 0.05) is 12.6 Å². The Morgan fingerprint density at radius 1 is 1.50 bits per heavy atom. The SMILES string of the molecule is CNCc1coc(Oc2cccc(F)c2)n1. The van der Waals surface area contributed by atoms with Crippen LogP contribution in [0.25, 0.3) is 0 Å². The van der Waals surface area contributed by atoms with Crippen molar-refractivity contribution < 1.29 is 13.5 Å². The van der Waals surface area contributed by atoms with Crippen LogP contribution in [0.2, 0.25) is 0 Å². The molecule has 0 aliphatic rings. The van der Waals surface area contributed by atoms with Crippen LogP contribution in [0.5, 0.6) is 11.8 Å². The zero-order chi connectivity index (χ0) is 11.4. The molecule has 0 fully saturated rings. The van der Waals surface area contributed by atoms with E-state index in [4.69, 9.17) is 9.15 Å². The van der Waals surface area contributed by atoms with E-state index in [0.29, 0.717) is 12.3 Å². The summed E-state index contributed by atoms with van der Waals surface area (Å²) in [5.41, 5.74) is 0.730. The molecule has 0 spiro atoms. The van der Waals surface area contributed by atoms with Crippen LogP contribution < -0.4 is 10.1 Å². The van der Waals surface area contributed by atoms with Crippen molar-refractivity contribution in [1.29, 1.82) is 0 Å². The Balaban J connectivity index is 2.08. The maximum Gasteiger partial charge on any atom is 0.399 e. The average molecular weight is 222 g/mol. The molecule has 2 aromatic rings. The quantitative estimate of drug-likeness (QED) is 0.862. The second kappa shape index (κ2) is 4.76. The Labute approximate surface area is 92.1 Å². The molecule has 1 aromatic heterocycles. The number of hydrogen-bond acceptors (Lipinski definition) is 4. The van der Waals surface area contributed by atoms with Crippen LogP contribution in [0.15, 0.2) is 34.9 Å². The zero-order valence-electron chi connectivity index (χ0n) is 8.74. The summed E-state index contributed by atoms with van der Waals surface area (Å²) >= 11 is 0. The number of nitrogens with one attached hydrogen (secondary N) is 1. The number of benzene rings is 1. The van der Waals surface area contributed by atoms with Gasteiger partial charge < -0.3 is 14.5 Å². The molecule has 0 aliphatic heterocycles. The van der Waals surface area contributed by atoms with Gasteiger partial charge in [0.1, 0.15) is 17.8 Å². The van der Waals surface area contributed by atoms with Gasteiger partial charge in [0.2, 0.25) is 0 Å². The predicted octanol–water partition coefficient (Wildman–Crippen LogP) is 2.33. The Morgan fingerprint density at radius 2 is 2.38 bits per heavy atom. The summed E-state index contributed by atoms with van der Waals surface area (Å²) in [5, 5.41) is 2.93. The largest absolute Gasteiger partial charge is 0.417 e. The van der Waals surface area contributed by atoms with Gasteiger partial charge in [-0.1, -0.05) is 6.07 Å². The van der Waals surface area contributed by atoms with Gasteiger partial charge in [0.15, 0.2) is 0 Å². The van der Waals surface area contributed by atoms with E-state index in [9.17, 15) is 4.39 Å². The van der Waals surface area contributed by atoms with Crippen LogP contribution in [0.1, 0.15) is 5.69 Å². The van der Waals surface area contributed by atoms with Gasteiger partial charge >= 0.3 is 6.08 Å². The van der Waals surface area contributed by atoms with Gasteiger partial charge in [-0.25, -0.2) is 4.39 Å². The van der Waals surface area contributed by atoms with E-state index >= 15 is 0 Å². The molecular weight excluding hydrogens is 211 g/mol. The van der Waals surface area contributed by atoms with Gasteiger partial charge in [0.05, 0.1) is 5.69 Å². The van der Waals surface area contributed by atoms with Crippen molar-refractivity contribution in [2.45, 2.75) is 6.54 Å². The number of nitrogens with zero attached hydrogens (tertiary/aromatic N) is 1. The molecule has 1 N–H and O–H groups in total. The highest BCUT2D eigenvalue weighted by Gasteiger charge is 2.05. The molecule has 0 unspecified atom stereocenters. The lowest BCUT2D eigenvalue weighted by atomic mass is 10.3. The van der Waals surface area contributed by atoms with Crippen LogP contribution in [0, 0.1) is 5.82 Å². The summed E-state index contributed by atoms with van der Waals surface area (Å²) in [6, 6.07) is 5.80. The van der Waals surface area contributed by atoms with E-state index in [1.807, 2.05) is 7.05 Å². The molecule has 4 nitrogen and oxygen atoms in total. The first-order valence-corrected chi connectivity index (χ1v) is 4.80. The lowest BCUT2D eigenvalue weighted by molar-refractivity contribution is 0.329. The molecule has 16 heavy (non-hydrogen) atoms. The first kappa shape index (κ1) is 10.6. The third-order valence-electron chi connectivity index (χ3n) is 1.89. The van der Waals surface area contributed by atoms with Crippen molar-refractivity contribution in [2.75, 3.05) is 7.05 Å². The Kier molecular flexibility index (Phi) is 3.16. The molecule has 0 amide bonds. The van der Waals surface area contributed by atoms with Crippen LogP contribution in [0.4, 0.5) is 4.39 Å². The van der Waals surface area contributed by atoms with Crippen molar-refractivity contribution in [1.82, 2.24) is 10.3 Å². The number of rotatable bonds is 4. The highest BCUT2D eigenvalue weighted by Crippen LogP contribution is 2.20. The van der Waals surface area contributed by atoms with Crippen molar-refractivity contribution in [3.8, 4) is 11.8 Å². The molecule has 0 aliphatic carbocycles. The molecule has 84 valence electrons. The fraction of sp³-hybridized carbons (Fsp3) is 0.182. The maximum atomic E-state index is 12.9. The molecule has 0 saturated carbocycles. The van der Waals surface area contributed by atoms with E-state index in [2.05, 4.69) is 10.3 Å². The smallest absolute Gasteiger partial charge is 0.399 e. The molecule has 0 bridgehead atoms. The van der Waals surface area contributed by atoms with E-state index in [-0.39, 0.29) is 11.9 Å². The van der Waals surface area contributed by atoms with Gasteiger partial charge in [-0.15, -0.1) is 0 Å². The van der Waals surface area contributed by atoms with E-state index < -0.39 is 0 Å². The second-order valence-corrected chi connectivity index (χ2v) is 3.19. The topological polar surface area (TPSA) is 47.3 Å². The number of halogens is 1. The molecular formula is C11H11FN2O2. The highest BCUT2D eigenvalue weighted by molar-refractivity contribution is 5.24. The van der Waals surface area contributed by atoms with Gasteiger partial charge in [-0.2, -0.15) is 4.98 Å². The normalized spacial score (nSPS) is 10.4. The molecule has 1 heterocycles. The van der Waals surface area contributed by atoms with E-state index in [0.717, 1.165) is 5.69 Å². The molecule has 0 radical (unpaired) electrons. The lowest BCUT2D eigenvalue weighted by Gasteiger charge is -1.99. The molecule has 2 rings (SSSR count). The van der Waals surface area contributed by atoms with Crippen molar-refractivity contribution in [3.05, 3.63) is 42.0 Å². The van der Waals surface area contributed by atoms with E-state index in [1.165, 1.54) is 18.4 Å². The summed E-state index contributed by atoms with van der Waals surface area (Å²) in [6.45, 7) is 0.593. The summed E-state index contributed by atoms with van der Waals surface area (Å²) < 4.78 is 23.2. The van der Waals surface area contributed by atoms with Gasteiger partial charge in [-0.3, -0.25) is 0 Å². The Bertz CT molecular complexity index is 471. The van der Waals surface area contributed by atoms with Crippen molar-refractivity contribution in [2.24, 2.45) is 0 Å². The molecule has 0 atom stereocenters. The van der Waals surface area contributed by atoms with E-state index in [1.54, 1.807) is 12.1 Å². The summed E-state index contributed by atoms with van der Waals surface area (Å²) in [7, 11) is 1.81. The second-order valence-electron chi connectivity index (χ2n) is 3.19. The summed E-state index contributed by atoms with van der Waals surface area (Å²) in [4.78, 5) is 4.05. The predicted molar refractivity (Wildman–Crippen MR) is 55.7 cm³/mol. The molecule has 5 heteroatoms. The lowest BCUT2D eigenvalue weighted by Crippen LogP contribution is -2.04. The first-order chi connectivity index (χ1) is 7.78. The Hall–Kier alpha value is -1.88. The number of hydrogen-bond donors (Lipinski definition) is 1. The van der Waals surface area contributed by atoms with Crippen LogP contribution >= 0.6 is 0 Å². The van der Waals surface area contributed by atoms with Crippen LogP contribution in [-0.4, -0.2) is 12.0 Å². The van der Waals surface area contributed by atoms with Gasteiger partial charge in [0.25, 0.3) is 0 Å². The maximum absolute atomic E-state index is 12.9. The highest BCUT2D eigenvalue weighted by atomic mass is 19.1. The monoisotopic (exact) mass is 222 g/mol. The average Bonchev–Trinajstić information content (AvgIpc) is 2.66. The first-order valence-electron chi connectivity index (χ1n) is 4.80. The Morgan fingerprint density at radius 3 is 3.12 bits per heavy atom. The minimum absolute atomic E-state index is 0.107. The fourth-order valence-corrected chi connectivity index (χ4v) is 1.23. The molecule has 1 aromatic carbocycles. The van der Waals surface area contributed by atoms with Gasteiger partial charge in [-0.05, 0) is 19.2 Å². The summed E-state index contributed by atoms with van der Waals surface area (Å²) in [5.74, 6) is -0.00244. The summed E-state index contributed by atoms with van der Waals surface area (Å²) in [6.07, 6.45) is 1.60. The van der Waals surface area contributed by atoms with Crippen molar-refractivity contribution in [3.63, 3.8) is 0 Å².